The third-order valence-electron chi connectivity index (χ3n) is 8.28. The zero-order chi connectivity index (χ0) is 27.5. The van der Waals surface area contributed by atoms with Crippen LogP contribution >= 0.6 is 11.3 Å². The summed E-state index contributed by atoms with van der Waals surface area (Å²) in [5.41, 5.74) is 3.40. The number of nitrogens with one attached hydrogen (secondary N) is 1. The molecule has 2 fully saturated rings. The molecule has 8 nitrogen and oxygen atoms in total. The van der Waals surface area contributed by atoms with Gasteiger partial charge >= 0.3 is 0 Å². The number of likely N-dealkylation sites (tertiary alicyclic amines) is 1. The number of fused-ring (bicyclic) bond motifs is 1. The third kappa shape index (κ3) is 4.59. The van der Waals surface area contributed by atoms with E-state index in [0.717, 1.165) is 41.1 Å². The van der Waals surface area contributed by atoms with Crippen molar-refractivity contribution in [3.63, 3.8) is 0 Å². The first kappa shape index (κ1) is 25.9. The molecule has 39 heavy (non-hydrogen) atoms. The lowest BCUT2D eigenvalue weighted by Crippen LogP contribution is -2.29. The number of thiophene rings is 1. The molecule has 4 aromatic heterocycles. The van der Waals surface area contributed by atoms with Crippen LogP contribution in [0.25, 0.3) is 20.7 Å². The van der Waals surface area contributed by atoms with Crippen molar-refractivity contribution in [3.05, 3.63) is 58.0 Å². The van der Waals surface area contributed by atoms with Crippen LogP contribution in [0, 0.1) is 18.2 Å². The van der Waals surface area contributed by atoms with Crippen LogP contribution in [0.15, 0.2) is 35.5 Å². The lowest BCUT2D eigenvalue weighted by molar-refractivity contribution is 0.312. The van der Waals surface area contributed by atoms with E-state index >= 15 is 4.39 Å². The Hall–Kier alpha value is -3.37. The number of halogens is 1. The normalized spacial score (nSPS) is 19.7. The van der Waals surface area contributed by atoms with E-state index in [2.05, 4.69) is 57.0 Å². The number of hydrogen-bond donors (Lipinski definition) is 1. The Kier molecular flexibility index (Phi) is 6.42. The predicted molar refractivity (Wildman–Crippen MR) is 156 cm³/mol. The summed E-state index contributed by atoms with van der Waals surface area (Å²) in [4.78, 5) is 31.8. The molecule has 1 unspecified atom stereocenters. The van der Waals surface area contributed by atoms with Gasteiger partial charge in [0, 0.05) is 43.0 Å². The topological polar surface area (TPSA) is 79.2 Å². The van der Waals surface area contributed by atoms with Gasteiger partial charge in [0.25, 0.3) is 5.56 Å². The highest BCUT2D eigenvalue weighted by Crippen LogP contribution is 2.41. The smallest absolute Gasteiger partial charge is 0.259 e. The van der Waals surface area contributed by atoms with E-state index in [1.165, 1.54) is 36.9 Å². The molecule has 0 aromatic carbocycles. The maximum absolute atomic E-state index is 15.1. The summed E-state index contributed by atoms with van der Waals surface area (Å²) in [5.74, 6) is 0.545. The molecule has 0 amide bonds. The molecule has 1 N–H and O–H groups in total. The minimum Gasteiger partial charge on any atom is -0.370 e. The zero-order valence-electron chi connectivity index (χ0n) is 23.1. The molecule has 0 aliphatic carbocycles. The SMILES string of the molecule is Cc1c(-c2nc(Nc3ccc(N4CCC5(CCN(C)C5)C4)cn3)ncc2F)sc2c(C(C)C)cn(C)c(=O)c12. The van der Waals surface area contributed by atoms with Crippen LogP contribution in [0.2, 0.25) is 0 Å². The van der Waals surface area contributed by atoms with Crippen LogP contribution < -0.4 is 15.8 Å². The lowest BCUT2D eigenvalue weighted by atomic mass is 9.86. The van der Waals surface area contributed by atoms with Gasteiger partial charge in [-0.2, -0.15) is 0 Å². The Balaban J connectivity index is 1.26. The van der Waals surface area contributed by atoms with Crippen molar-refractivity contribution in [2.45, 2.75) is 39.5 Å². The van der Waals surface area contributed by atoms with Crippen LogP contribution in [-0.2, 0) is 7.05 Å². The molecule has 2 aliphatic rings. The van der Waals surface area contributed by atoms with E-state index in [-0.39, 0.29) is 23.1 Å². The van der Waals surface area contributed by atoms with E-state index < -0.39 is 5.82 Å². The second kappa shape index (κ2) is 9.67. The second-order valence-electron chi connectivity index (χ2n) is 11.5. The highest BCUT2D eigenvalue weighted by Gasteiger charge is 2.42. The fourth-order valence-corrected chi connectivity index (χ4v) is 7.56. The first-order chi connectivity index (χ1) is 18.6. The highest BCUT2D eigenvalue weighted by molar-refractivity contribution is 7.22. The molecular formula is C29H34FN7OS. The molecular weight excluding hydrogens is 513 g/mol. The Labute approximate surface area is 231 Å². The maximum atomic E-state index is 15.1. The molecule has 1 atom stereocenters. The van der Waals surface area contributed by atoms with Crippen molar-refractivity contribution < 1.29 is 4.39 Å². The van der Waals surface area contributed by atoms with E-state index in [0.29, 0.717) is 21.5 Å². The molecule has 0 radical (unpaired) electrons. The Morgan fingerprint density at radius 1 is 1.10 bits per heavy atom. The number of nitrogens with zero attached hydrogens (tertiary/aromatic N) is 6. The summed E-state index contributed by atoms with van der Waals surface area (Å²) in [6, 6.07) is 3.98. The molecule has 0 saturated carbocycles. The summed E-state index contributed by atoms with van der Waals surface area (Å²) >= 11 is 1.41. The quantitative estimate of drug-likeness (QED) is 0.363. The Morgan fingerprint density at radius 3 is 2.59 bits per heavy atom. The third-order valence-corrected chi connectivity index (χ3v) is 9.63. The standard InChI is InChI=1S/C29H34FN7OS/c1-17(2)20-14-36(5)27(38)23-18(3)25(39-26(20)23)24-21(30)13-32-28(34-24)33-22-7-6-19(12-31-22)37-11-9-29(16-37)8-10-35(4)15-29/h6-7,12-14,17H,8-11,15-16H2,1-5H3,(H,31,32,33,34). The van der Waals surface area contributed by atoms with Crippen LogP contribution in [-0.4, -0.2) is 57.6 Å². The van der Waals surface area contributed by atoms with Crippen LogP contribution in [0.5, 0.6) is 0 Å². The van der Waals surface area contributed by atoms with E-state index in [4.69, 9.17) is 0 Å². The largest absolute Gasteiger partial charge is 0.370 e. The monoisotopic (exact) mass is 547 g/mol. The van der Waals surface area contributed by atoms with E-state index in [1.807, 2.05) is 25.4 Å². The van der Waals surface area contributed by atoms with Gasteiger partial charge in [-0.05, 0) is 62.5 Å². The van der Waals surface area contributed by atoms with Gasteiger partial charge in [-0.15, -0.1) is 11.3 Å². The number of hydrogen-bond acceptors (Lipinski definition) is 8. The van der Waals surface area contributed by atoms with Crippen LogP contribution in [0.4, 0.5) is 21.8 Å². The van der Waals surface area contributed by atoms with Crippen molar-refractivity contribution >= 4 is 38.9 Å². The van der Waals surface area contributed by atoms with Gasteiger partial charge in [-0.1, -0.05) is 13.8 Å². The van der Waals surface area contributed by atoms with Crippen molar-refractivity contribution in [3.8, 4) is 10.6 Å². The molecule has 2 aliphatic heterocycles. The van der Waals surface area contributed by atoms with Gasteiger partial charge in [0.2, 0.25) is 5.95 Å². The number of anilines is 3. The number of pyridine rings is 2. The fraction of sp³-hybridized carbons (Fsp3) is 0.448. The Bertz CT molecular complexity index is 1610. The number of aryl methyl sites for hydroxylation is 2. The second-order valence-corrected chi connectivity index (χ2v) is 12.5. The van der Waals surface area contributed by atoms with Crippen molar-refractivity contribution in [2.75, 3.05) is 43.4 Å². The van der Waals surface area contributed by atoms with Crippen molar-refractivity contribution in [1.29, 1.82) is 0 Å². The average molecular weight is 548 g/mol. The van der Waals surface area contributed by atoms with E-state index in [1.54, 1.807) is 11.6 Å². The summed E-state index contributed by atoms with van der Waals surface area (Å²) in [6.45, 7) is 10.5. The summed E-state index contributed by atoms with van der Waals surface area (Å²) in [5, 5.41) is 3.76. The fourth-order valence-electron chi connectivity index (χ4n) is 6.11. The van der Waals surface area contributed by atoms with E-state index in [9.17, 15) is 4.79 Å². The summed E-state index contributed by atoms with van der Waals surface area (Å²) < 4.78 is 17.6. The van der Waals surface area contributed by atoms with Gasteiger partial charge in [0.15, 0.2) is 5.82 Å². The first-order valence-electron chi connectivity index (χ1n) is 13.5. The average Bonchev–Trinajstić information content (AvgIpc) is 3.60. The van der Waals surface area contributed by atoms with Crippen molar-refractivity contribution in [2.24, 2.45) is 12.5 Å². The number of rotatable bonds is 5. The van der Waals surface area contributed by atoms with Crippen LogP contribution in [0.1, 0.15) is 43.7 Å². The number of aromatic nitrogens is 4. The highest BCUT2D eigenvalue weighted by atomic mass is 32.1. The molecule has 1 spiro atoms. The molecule has 6 rings (SSSR count). The van der Waals surface area contributed by atoms with Crippen LogP contribution in [0.3, 0.4) is 0 Å². The van der Waals surface area contributed by atoms with Gasteiger partial charge in [0.05, 0.1) is 28.3 Å². The molecule has 0 bridgehead atoms. The molecule has 10 heteroatoms. The van der Waals surface area contributed by atoms with Crippen molar-refractivity contribution in [1.82, 2.24) is 24.4 Å². The zero-order valence-corrected chi connectivity index (χ0v) is 23.9. The summed E-state index contributed by atoms with van der Waals surface area (Å²) in [7, 11) is 3.96. The Morgan fingerprint density at radius 2 is 1.90 bits per heavy atom. The lowest BCUT2D eigenvalue weighted by Gasteiger charge is -2.24. The molecule has 4 aromatic rings. The van der Waals surface area contributed by atoms with Gasteiger partial charge < -0.3 is 19.7 Å². The first-order valence-corrected chi connectivity index (χ1v) is 14.3. The van der Waals surface area contributed by atoms with Gasteiger partial charge in [-0.25, -0.2) is 19.3 Å². The summed E-state index contributed by atoms with van der Waals surface area (Å²) in [6.07, 6.45) is 7.40. The minimum atomic E-state index is -0.526. The predicted octanol–water partition coefficient (Wildman–Crippen LogP) is 5.30. The van der Waals surface area contributed by atoms with Gasteiger partial charge in [0.1, 0.15) is 11.5 Å². The molecule has 6 heterocycles. The van der Waals surface area contributed by atoms with Gasteiger partial charge in [-0.3, -0.25) is 4.79 Å². The molecule has 204 valence electrons. The maximum Gasteiger partial charge on any atom is 0.259 e. The minimum absolute atomic E-state index is 0.0876. The molecule has 2 saturated heterocycles.